The Morgan fingerprint density at radius 1 is 0.958 bits per heavy atom. The molecular formula is C18H18N4OS. The molecule has 122 valence electrons. The fraction of sp³-hybridized carbons (Fsp3) is 0.222. The first-order valence-corrected chi connectivity index (χ1v) is 8.73. The van der Waals surface area contributed by atoms with Crippen LogP contribution in [0.2, 0.25) is 0 Å². The number of hydrogen-bond acceptors (Lipinski definition) is 6. The monoisotopic (exact) mass is 338 g/mol. The SMILES string of the molecule is Nc1cc(N2CCOCC2)nc(Sc2ccc3ccccc3c2)n1. The highest BCUT2D eigenvalue weighted by Gasteiger charge is 2.15. The summed E-state index contributed by atoms with van der Waals surface area (Å²) >= 11 is 1.53. The Bertz CT molecular complexity index is 865. The zero-order valence-electron chi connectivity index (χ0n) is 13.2. The van der Waals surface area contributed by atoms with Crippen molar-refractivity contribution in [1.82, 2.24) is 9.97 Å². The van der Waals surface area contributed by atoms with Crippen molar-refractivity contribution in [3.8, 4) is 0 Å². The summed E-state index contributed by atoms with van der Waals surface area (Å²) in [6.07, 6.45) is 0. The van der Waals surface area contributed by atoms with Crippen LogP contribution in [0.1, 0.15) is 0 Å². The molecule has 0 aliphatic carbocycles. The van der Waals surface area contributed by atoms with E-state index in [4.69, 9.17) is 10.5 Å². The fourth-order valence-electron chi connectivity index (χ4n) is 2.77. The molecule has 1 aromatic heterocycles. The number of benzene rings is 2. The number of nitrogens with two attached hydrogens (primary N) is 1. The highest BCUT2D eigenvalue weighted by atomic mass is 32.2. The molecule has 0 unspecified atom stereocenters. The lowest BCUT2D eigenvalue weighted by atomic mass is 10.1. The molecule has 1 aliphatic rings. The van der Waals surface area contributed by atoms with E-state index in [9.17, 15) is 0 Å². The summed E-state index contributed by atoms with van der Waals surface area (Å²) in [6.45, 7) is 3.10. The van der Waals surface area contributed by atoms with Crippen molar-refractivity contribution in [2.45, 2.75) is 10.1 Å². The second kappa shape index (κ2) is 6.67. The maximum absolute atomic E-state index is 5.99. The van der Waals surface area contributed by atoms with Gasteiger partial charge in [-0.25, -0.2) is 9.97 Å². The number of nitrogens with zero attached hydrogens (tertiary/aromatic N) is 3. The van der Waals surface area contributed by atoms with Crippen molar-refractivity contribution in [2.24, 2.45) is 0 Å². The second-order valence-electron chi connectivity index (χ2n) is 5.64. The molecule has 0 spiro atoms. The van der Waals surface area contributed by atoms with E-state index in [0.29, 0.717) is 11.0 Å². The molecule has 5 nitrogen and oxygen atoms in total. The molecule has 1 saturated heterocycles. The van der Waals surface area contributed by atoms with Crippen molar-refractivity contribution < 1.29 is 4.74 Å². The molecule has 4 rings (SSSR count). The Morgan fingerprint density at radius 3 is 2.58 bits per heavy atom. The van der Waals surface area contributed by atoms with E-state index in [1.54, 1.807) is 0 Å². The lowest BCUT2D eigenvalue weighted by molar-refractivity contribution is 0.122. The molecule has 24 heavy (non-hydrogen) atoms. The average molecular weight is 338 g/mol. The number of anilines is 2. The van der Waals surface area contributed by atoms with E-state index in [1.807, 2.05) is 18.2 Å². The maximum Gasteiger partial charge on any atom is 0.196 e. The highest BCUT2D eigenvalue weighted by Crippen LogP contribution is 2.30. The normalized spacial score (nSPS) is 14.9. The summed E-state index contributed by atoms with van der Waals surface area (Å²) in [5, 5.41) is 3.11. The van der Waals surface area contributed by atoms with Gasteiger partial charge in [-0.2, -0.15) is 0 Å². The summed E-state index contributed by atoms with van der Waals surface area (Å²) in [4.78, 5) is 12.3. The van der Waals surface area contributed by atoms with Gasteiger partial charge in [0.25, 0.3) is 0 Å². The number of morpholine rings is 1. The van der Waals surface area contributed by atoms with Gasteiger partial charge in [0.05, 0.1) is 13.2 Å². The molecule has 3 aromatic rings. The fourth-order valence-corrected chi connectivity index (χ4v) is 3.59. The zero-order chi connectivity index (χ0) is 16.4. The van der Waals surface area contributed by atoms with E-state index >= 15 is 0 Å². The van der Waals surface area contributed by atoms with Gasteiger partial charge in [-0.1, -0.05) is 30.3 Å². The van der Waals surface area contributed by atoms with E-state index < -0.39 is 0 Å². The number of fused-ring (bicyclic) bond motifs is 1. The predicted octanol–water partition coefficient (Wildman–Crippen LogP) is 3.20. The van der Waals surface area contributed by atoms with E-state index in [-0.39, 0.29) is 0 Å². The smallest absolute Gasteiger partial charge is 0.196 e. The molecule has 0 saturated carbocycles. The molecule has 6 heteroatoms. The standard InChI is InChI=1S/C18H18N4OS/c19-16-12-17(22-7-9-23-10-8-22)21-18(20-16)24-15-6-5-13-3-1-2-4-14(13)11-15/h1-6,11-12H,7-10H2,(H2,19,20,21). The number of ether oxygens (including phenoxy) is 1. The first kappa shape index (κ1) is 15.2. The van der Waals surface area contributed by atoms with Gasteiger partial charge in [-0.3, -0.25) is 0 Å². The van der Waals surface area contributed by atoms with Crippen molar-refractivity contribution >= 4 is 34.2 Å². The third kappa shape index (κ3) is 3.29. The maximum atomic E-state index is 5.99. The highest BCUT2D eigenvalue weighted by molar-refractivity contribution is 7.99. The van der Waals surface area contributed by atoms with Crippen LogP contribution in [0.3, 0.4) is 0 Å². The van der Waals surface area contributed by atoms with Crippen LogP contribution < -0.4 is 10.6 Å². The van der Waals surface area contributed by atoms with Crippen LogP contribution in [0.15, 0.2) is 58.6 Å². The Labute approximate surface area is 144 Å². The minimum atomic E-state index is 0.495. The van der Waals surface area contributed by atoms with E-state index in [0.717, 1.165) is 37.0 Å². The average Bonchev–Trinajstić information content (AvgIpc) is 2.62. The van der Waals surface area contributed by atoms with Crippen LogP contribution >= 0.6 is 11.8 Å². The van der Waals surface area contributed by atoms with Crippen LogP contribution in [0, 0.1) is 0 Å². The number of rotatable bonds is 3. The van der Waals surface area contributed by atoms with Gasteiger partial charge in [-0.05, 0) is 34.7 Å². The van der Waals surface area contributed by atoms with Crippen molar-refractivity contribution in [2.75, 3.05) is 36.9 Å². The molecule has 2 aromatic carbocycles. The topological polar surface area (TPSA) is 64.3 Å². The van der Waals surface area contributed by atoms with E-state index in [1.165, 1.54) is 22.5 Å². The summed E-state index contributed by atoms with van der Waals surface area (Å²) in [5.74, 6) is 1.36. The first-order chi connectivity index (χ1) is 11.8. The molecule has 0 amide bonds. The molecule has 0 bridgehead atoms. The Balaban J connectivity index is 1.61. The van der Waals surface area contributed by atoms with Gasteiger partial charge >= 0.3 is 0 Å². The summed E-state index contributed by atoms with van der Waals surface area (Å²) in [7, 11) is 0. The number of hydrogen-bond donors (Lipinski definition) is 1. The quantitative estimate of drug-likeness (QED) is 0.740. The number of aromatic nitrogens is 2. The minimum absolute atomic E-state index is 0.495. The molecular weight excluding hydrogens is 320 g/mol. The Morgan fingerprint density at radius 2 is 1.75 bits per heavy atom. The largest absolute Gasteiger partial charge is 0.383 e. The second-order valence-corrected chi connectivity index (χ2v) is 6.68. The third-order valence-corrected chi connectivity index (χ3v) is 4.83. The Kier molecular flexibility index (Phi) is 4.23. The lowest BCUT2D eigenvalue weighted by Crippen LogP contribution is -2.36. The molecule has 0 atom stereocenters. The molecule has 1 fully saturated rings. The van der Waals surface area contributed by atoms with Crippen LogP contribution in [0.4, 0.5) is 11.6 Å². The van der Waals surface area contributed by atoms with Gasteiger partial charge < -0.3 is 15.4 Å². The van der Waals surface area contributed by atoms with Gasteiger partial charge in [0, 0.05) is 24.1 Å². The summed E-state index contributed by atoms with van der Waals surface area (Å²) in [5.41, 5.74) is 5.99. The molecule has 0 radical (unpaired) electrons. The van der Waals surface area contributed by atoms with Crippen molar-refractivity contribution in [3.05, 3.63) is 48.5 Å². The predicted molar refractivity (Wildman–Crippen MR) is 97.5 cm³/mol. The van der Waals surface area contributed by atoms with Gasteiger partial charge in [0.2, 0.25) is 0 Å². The third-order valence-electron chi connectivity index (χ3n) is 3.98. The van der Waals surface area contributed by atoms with E-state index in [2.05, 4.69) is 45.2 Å². The van der Waals surface area contributed by atoms with Crippen LogP contribution in [-0.4, -0.2) is 36.3 Å². The first-order valence-electron chi connectivity index (χ1n) is 7.92. The molecule has 2 N–H and O–H groups in total. The lowest BCUT2D eigenvalue weighted by Gasteiger charge is -2.28. The molecule has 1 aliphatic heterocycles. The van der Waals surface area contributed by atoms with Gasteiger partial charge in [-0.15, -0.1) is 0 Å². The van der Waals surface area contributed by atoms with Gasteiger partial charge in [0.1, 0.15) is 11.6 Å². The summed E-state index contributed by atoms with van der Waals surface area (Å²) < 4.78 is 5.40. The summed E-state index contributed by atoms with van der Waals surface area (Å²) in [6, 6.07) is 16.5. The number of nitrogen functional groups attached to an aromatic ring is 1. The van der Waals surface area contributed by atoms with Gasteiger partial charge in [0.15, 0.2) is 5.16 Å². The zero-order valence-corrected chi connectivity index (χ0v) is 14.0. The Hall–Kier alpha value is -2.31. The van der Waals surface area contributed by atoms with Crippen LogP contribution in [-0.2, 0) is 4.74 Å². The van der Waals surface area contributed by atoms with Crippen LogP contribution in [0.25, 0.3) is 10.8 Å². The minimum Gasteiger partial charge on any atom is -0.383 e. The molecule has 2 heterocycles. The van der Waals surface area contributed by atoms with Crippen molar-refractivity contribution in [1.29, 1.82) is 0 Å². The van der Waals surface area contributed by atoms with Crippen LogP contribution in [0.5, 0.6) is 0 Å². The van der Waals surface area contributed by atoms with Crippen molar-refractivity contribution in [3.63, 3.8) is 0 Å².